The third-order valence-electron chi connectivity index (χ3n) is 3.34. The van der Waals surface area contributed by atoms with E-state index in [0.29, 0.717) is 10.8 Å². The molecule has 0 fully saturated rings. The molecule has 0 saturated heterocycles. The Hall–Kier alpha value is -2.14. The number of aromatic nitrogens is 3. The second-order valence-corrected chi connectivity index (χ2v) is 5.41. The fourth-order valence-corrected chi connectivity index (χ4v) is 2.41. The predicted octanol–water partition coefficient (Wildman–Crippen LogP) is 4.16. The zero-order chi connectivity index (χ0) is 15.7. The van der Waals surface area contributed by atoms with E-state index in [-0.39, 0.29) is 11.4 Å². The summed E-state index contributed by atoms with van der Waals surface area (Å²) in [5.41, 5.74) is 2.64. The number of halogens is 2. The van der Waals surface area contributed by atoms with Crippen molar-refractivity contribution in [2.75, 3.05) is 0 Å². The predicted molar refractivity (Wildman–Crippen MR) is 86.4 cm³/mol. The topological polar surface area (TPSA) is 41.6 Å². The molecule has 0 aliphatic rings. The third-order valence-corrected chi connectivity index (χ3v) is 3.65. The van der Waals surface area contributed by atoms with Crippen LogP contribution in [-0.2, 0) is 0 Å². The van der Waals surface area contributed by atoms with Crippen LogP contribution >= 0.6 is 11.6 Å². The van der Waals surface area contributed by atoms with Crippen molar-refractivity contribution in [3.8, 4) is 22.6 Å². The minimum atomic E-state index is -0.418. The molecule has 1 unspecified atom stereocenters. The lowest BCUT2D eigenvalue weighted by Crippen LogP contribution is -1.95. The second-order valence-electron chi connectivity index (χ2n) is 5.00. The maximum atomic E-state index is 13.9. The van der Waals surface area contributed by atoms with Crippen molar-refractivity contribution in [1.29, 1.82) is 0 Å². The highest BCUT2D eigenvalue weighted by molar-refractivity contribution is 6.33. The Morgan fingerprint density at radius 2 is 2.00 bits per heavy atom. The van der Waals surface area contributed by atoms with Crippen LogP contribution in [0.15, 0.2) is 42.7 Å². The number of imidazole rings is 1. The van der Waals surface area contributed by atoms with E-state index < -0.39 is 5.82 Å². The number of benzene rings is 1. The van der Waals surface area contributed by atoms with Gasteiger partial charge in [-0.1, -0.05) is 24.6 Å². The monoisotopic (exact) mass is 311 g/mol. The number of aromatic amines is 1. The first-order valence-electron chi connectivity index (χ1n) is 6.77. The fraction of sp³-hybridized carbons (Fsp3) is 0.125. The molecule has 2 heterocycles. The number of nitrogens with zero attached hydrogens (tertiary/aromatic N) is 2. The van der Waals surface area contributed by atoms with E-state index >= 15 is 0 Å². The summed E-state index contributed by atoms with van der Waals surface area (Å²) >= 11 is 6.05. The highest BCUT2D eigenvalue weighted by Crippen LogP contribution is 2.30. The van der Waals surface area contributed by atoms with Crippen molar-refractivity contribution in [3.05, 3.63) is 59.3 Å². The standard InChI is InChI=1S/C16H12BClFN3/c1-9(17)13-6-5-10(7-20-13)14-8-21-16(22-14)15-11(18)3-2-4-12(15)19/h2-9H,1H3,(H,21,22). The van der Waals surface area contributed by atoms with Crippen LogP contribution in [0.1, 0.15) is 18.4 Å². The molecule has 2 aromatic heterocycles. The molecule has 0 saturated carbocycles. The number of rotatable bonds is 3. The van der Waals surface area contributed by atoms with Crippen molar-refractivity contribution in [2.24, 2.45) is 0 Å². The van der Waals surface area contributed by atoms with Crippen molar-refractivity contribution < 1.29 is 4.39 Å². The lowest BCUT2D eigenvalue weighted by molar-refractivity contribution is 0.630. The Kier molecular flexibility index (Phi) is 3.99. The summed E-state index contributed by atoms with van der Waals surface area (Å²) in [5.74, 6) is -0.156. The summed E-state index contributed by atoms with van der Waals surface area (Å²) in [6, 6.07) is 8.29. The van der Waals surface area contributed by atoms with Gasteiger partial charge in [-0.05, 0) is 30.1 Å². The maximum Gasteiger partial charge on any atom is 0.142 e. The zero-order valence-corrected chi connectivity index (χ0v) is 12.6. The molecular weight excluding hydrogens is 299 g/mol. The molecule has 1 aromatic carbocycles. The van der Waals surface area contributed by atoms with E-state index in [1.807, 2.05) is 19.1 Å². The molecule has 108 valence electrons. The summed E-state index contributed by atoms with van der Waals surface area (Å²) in [5, 5.41) is 0.311. The quantitative estimate of drug-likeness (QED) is 0.738. The van der Waals surface area contributed by atoms with Crippen LogP contribution < -0.4 is 0 Å². The summed E-state index contributed by atoms with van der Waals surface area (Å²) in [7, 11) is 5.78. The Morgan fingerprint density at radius 3 is 2.64 bits per heavy atom. The average Bonchev–Trinajstić information content (AvgIpc) is 2.97. The smallest absolute Gasteiger partial charge is 0.142 e. The van der Waals surface area contributed by atoms with Crippen molar-refractivity contribution in [2.45, 2.75) is 12.7 Å². The molecule has 0 aliphatic carbocycles. The molecule has 0 aliphatic heterocycles. The molecule has 3 rings (SSSR count). The Bertz CT molecular complexity index is 779. The average molecular weight is 312 g/mol. The van der Waals surface area contributed by atoms with E-state index in [9.17, 15) is 4.39 Å². The number of H-pyrrole nitrogens is 1. The van der Waals surface area contributed by atoms with Crippen molar-refractivity contribution in [3.63, 3.8) is 0 Å². The first-order chi connectivity index (χ1) is 10.6. The summed E-state index contributed by atoms with van der Waals surface area (Å²) in [6.07, 6.45) is 3.33. The highest BCUT2D eigenvalue weighted by atomic mass is 35.5. The van der Waals surface area contributed by atoms with Gasteiger partial charge in [-0.15, -0.1) is 0 Å². The number of hydrogen-bond acceptors (Lipinski definition) is 2. The van der Waals surface area contributed by atoms with Gasteiger partial charge < -0.3 is 4.98 Å². The molecule has 0 amide bonds. The van der Waals surface area contributed by atoms with Crippen LogP contribution in [-0.4, -0.2) is 22.8 Å². The van der Waals surface area contributed by atoms with Gasteiger partial charge in [-0.25, -0.2) is 9.37 Å². The molecule has 3 nitrogen and oxygen atoms in total. The van der Waals surface area contributed by atoms with Gasteiger partial charge in [0.25, 0.3) is 0 Å². The summed E-state index contributed by atoms with van der Waals surface area (Å²) in [6.45, 7) is 1.87. The molecule has 1 atom stereocenters. The van der Waals surface area contributed by atoms with E-state index in [1.165, 1.54) is 6.07 Å². The lowest BCUT2D eigenvalue weighted by atomic mass is 9.86. The van der Waals surface area contributed by atoms with Gasteiger partial charge in [-0.3, -0.25) is 4.98 Å². The second kappa shape index (κ2) is 5.93. The van der Waals surface area contributed by atoms with Gasteiger partial charge in [0.2, 0.25) is 0 Å². The SMILES string of the molecule is [B]C(C)c1ccc(-c2cnc(-c3c(F)cccc3Cl)[nH]2)cn1. The maximum absolute atomic E-state index is 13.9. The van der Waals surface area contributed by atoms with Crippen LogP contribution in [0.4, 0.5) is 4.39 Å². The van der Waals surface area contributed by atoms with Crippen molar-refractivity contribution >= 4 is 19.4 Å². The Labute approximate surface area is 134 Å². The Balaban J connectivity index is 1.97. The molecule has 0 bridgehead atoms. The van der Waals surface area contributed by atoms with E-state index in [0.717, 1.165) is 17.0 Å². The minimum Gasteiger partial charge on any atom is -0.338 e. The van der Waals surface area contributed by atoms with Gasteiger partial charge >= 0.3 is 0 Å². The minimum absolute atomic E-state index is 0.122. The molecule has 0 spiro atoms. The van der Waals surface area contributed by atoms with Crippen LogP contribution in [0.2, 0.25) is 5.02 Å². The van der Waals surface area contributed by atoms with E-state index in [2.05, 4.69) is 15.0 Å². The summed E-state index contributed by atoms with van der Waals surface area (Å²) < 4.78 is 13.9. The molecule has 1 N–H and O–H groups in total. The first kappa shape index (κ1) is 14.8. The molecule has 22 heavy (non-hydrogen) atoms. The van der Waals surface area contributed by atoms with E-state index in [4.69, 9.17) is 19.4 Å². The molecule has 6 heteroatoms. The molecule has 2 radical (unpaired) electrons. The van der Waals surface area contributed by atoms with Gasteiger partial charge in [0.05, 0.1) is 30.3 Å². The molecular formula is C16H12BClFN3. The van der Waals surface area contributed by atoms with Crippen molar-refractivity contribution in [1.82, 2.24) is 15.0 Å². The van der Waals surface area contributed by atoms with Gasteiger partial charge in [-0.2, -0.15) is 0 Å². The molecule has 3 aromatic rings. The normalized spacial score (nSPS) is 12.3. The van der Waals surface area contributed by atoms with Crippen LogP contribution in [0.3, 0.4) is 0 Å². The van der Waals surface area contributed by atoms with Crippen LogP contribution in [0, 0.1) is 5.82 Å². The lowest BCUT2D eigenvalue weighted by Gasteiger charge is -2.05. The van der Waals surface area contributed by atoms with Crippen LogP contribution in [0.5, 0.6) is 0 Å². The van der Waals surface area contributed by atoms with E-state index in [1.54, 1.807) is 24.5 Å². The zero-order valence-electron chi connectivity index (χ0n) is 11.8. The number of hydrogen-bond donors (Lipinski definition) is 1. The fourth-order valence-electron chi connectivity index (χ4n) is 2.15. The highest BCUT2D eigenvalue weighted by Gasteiger charge is 2.13. The summed E-state index contributed by atoms with van der Waals surface area (Å²) in [4.78, 5) is 11.6. The van der Waals surface area contributed by atoms with Crippen LogP contribution in [0.25, 0.3) is 22.6 Å². The third kappa shape index (κ3) is 2.77. The van der Waals surface area contributed by atoms with Gasteiger partial charge in [0.15, 0.2) is 0 Å². The number of pyridine rings is 1. The number of nitrogens with one attached hydrogen (secondary N) is 1. The first-order valence-corrected chi connectivity index (χ1v) is 7.15. The van der Waals surface area contributed by atoms with Gasteiger partial charge in [0.1, 0.15) is 11.6 Å². The van der Waals surface area contributed by atoms with Gasteiger partial charge in [0, 0.05) is 17.5 Å². The largest absolute Gasteiger partial charge is 0.338 e. The Morgan fingerprint density at radius 1 is 1.18 bits per heavy atom.